The van der Waals surface area contributed by atoms with Gasteiger partial charge in [0.2, 0.25) is 11.8 Å². The van der Waals surface area contributed by atoms with Crippen LogP contribution in [0.25, 0.3) is 5.69 Å². The molecule has 1 N–H and O–H groups in total. The van der Waals surface area contributed by atoms with Gasteiger partial charge in [0.25, 0.3) is 15.9 Å². The molecule has 0 aliphatic carbocycles. The Morgan fingerprint density at radius 1 is 1.07 bits per heavy atom. The Hall–Kier alpha value is -3.20. The fraction of sp³-hybridized carbons (Fsp3) is 0.211. The van der Waals surface area contributed by atoms with Gasteiger partial charge in [-0.1, -0.05) is 42.5 Å². The summed E-state index contributed by atoms with van der Waals surface area (Å²) in [6.45, 7) is 0.616. The van der Waals surface area contributed by atoms with E-state index in [0.717, 1.165) is 18.4 Å². The van der Waals surface area contributed by atoms with Gasteiger partial charge < -0.3 is 4.90 Å². The number of aromatic nitrogens is 3. The molecule has 3 aromatic rings. The second-order valence-corrected chi connectivity index (χ2v) is 8.46. The number of likely N-dealkylation sites (tertiary alicyclic amines) is 1. The van der Waals surface area contributed by atoms with Crippen molar-refractivity contribution in [3.63, 3.8) is 0 Å². The lowest BCUT2D eigenvalue weighted by molar-refractivity contribution is 0.0723. The van der Waals surface area contributed by atoms with Crippen LogP contribution in [0.1, 0.15) is 35.1 Å². The smallest absolute Gasteiger partial charge is 0.294 e. The monoisotopic (exact) mass is 395 g/mol. The summed E-state index contributed by atoms with van der Waals surface area (Å²) in [5.74, 6) is -0.292. The molecule has 28 heavy (non-hydrogen) atoms. The Morgan fingerprint density at radius 3 is 2.64 bits per heavy atom. The third-order valence-corrected chi connectivity index (χ3v) is 6.48. The Morgan fingerprint density at radius 2 is 1.82 bits per heavy atom. The lowest BCUT2D eigenvalue weighted by atomic mass is 10.0. The van der Waals surface area contributed by atoms with Gasteiger partial charge in [0.1, 0.15) is 4.90 Å². The number of rotatable bonds is 2. The van der Waals surface area contributed by atoms with Gasteiger partial charge in [-0.05, 0) is 30.5 Å². The van der Waals surface area contributed by atoms with Crippen LogP contribution in [0.3, 0.4) is 0 Å². The summed E-state index contributed by atoms with van der Waals surface area (Å²) >= 11 is 0. The number of amides is 1. The molecule has 9 heteroatoms. The van der Waals surface area contributed by atoms with Crippen LogP contribution in [0.15, 0.2) is 59.5 Å². The Balaban J connectivity index is 1.53. The van der Waals surface area contributed by atoms with E-state index in [1.165, 1.54) is 10.7 Å². The van der Waals surface area contributed by atoms with Crippen molar-refractivity contribution in [2.45, 2.75) is 23.8 Å². The first-order chi connectivity index (χ1) is 13.5. The molecule has 0 saturated carbocycles. The number of hydrogen-bond acceptors (Lipinski definition) is 5. The fourth-order valence-electron chi connectivity index (χ4n) is 3.83. The molecule has 2 aromatic carbocycles. The maximum atomic E-state index is 13.1. The van der Waals surface area contributed by atoms with Crippen LogP contribution in [0, 0.1) is 0 Å². The SMILES string of the molecule is O=C(c1nc2n(n1)-c1ccccc1S(=O)(=O)N2)N1CCC[C@H]1c1ccccc1. The van der Waals surface area contributed by atoms with Crippen LogP contribution in [-0.2, 0) is 10.0 Å². The van der Waals surface area contributed by atoms with Crippen LogP contribution in [0.4, 0.5) is 5.95 Å². The molecule has 2 aliphatic heterocycles. The van der Waals surface area contributed by atoms with Crippen molar-refractivity contribution in [3.8, 4) is 5.69 Å². The lowest BCUT2D eigenvalue weighted by Gasteiger charge is -2.23. The predicted molar refractivity (Wildman–Crippen MR) is 102 cm³/mol. The molecule has 5 rings (SSSR count). The third-order valence-electron chi connectivity index (χ3n) is 5.11. The molecule has 3 heterocycles. The summed E-state index contributed by atoms with van der Waals surface area (Å²) in [6.07, 6.45) is 1.77. The van der Waals surface area contributed by atoms with E-state index >= 15 is 0 Å². The summed E-state index contributed by atoms with van der Waals surface area (Å²) in [4.78, 5) is 19.2. The minimum Gasteiger partial charge on any atom is -0.329 e. The van der Waals surface area contributed by atoms with Gasteiger partial charge in [-0.15, -0.1) is 5.10 Å². The summed E-state index contributed by atoms with van der Waals surface area (Å²) in [5, 5.41) is 4.32. The standard InChI is InChI=1S/C19H17N5O3S/c25-18(23-12-6-10-14(23)13-7-2-1-3-8-13)17-20-19-22-28(26,27)16-11-5-4-9-15(16)24(19)21-17/h1-5,7-9,11,14H,6,10,12H2,(H,20,21,22)/t14-/m0/s1. The van der Waals surface area contributed by atoms with E-state index in [0.29, 0.717) is 12.2 Å². The van der Waals surface area contributed by atoms with E-state index in [9.17, 15) is 13.2 Å². The van der Waals surface area contributed by atoms with Crippen molar-refractivity contribution in [1.29, 1.82) is 0 Å². The van der Waals surface area contributed by atoms with Gasteiger partial charge in [-0.3, -0.25) is 4.79 Å². The first-order valence-corrected chi connectivity index (χ1v) is 10.5. The van der Waals surface area contributed by atoms with E-state index in [4.69, 9.17) is 0 Å². The van der Waals surface area contributed by atoms with Crippen LogP contribution < -0.4 is 4.72 Å². The van der Waals surface area contributed by atoms with E-state index in [2.05, 4.69) is 14.8 Å². The van der Waals surface area contributed by atoms with Gasteiger partial charge >= 0.3 is 0 Å². The second-order valence-electron chi connectivity index (χ2n) is 6.81. The molecule has 0 bridgehead atoms. The number of benzene rings is 2. The molecule has 2 aliphatic rings. The highest BCUT2D eigenvalue weighted by atomic mass is 32.2. The molecule has 0 radical (unpaired) electrons. The van der Waals surface area contributed by atoms with Gasteiger partial charge in [-0.25, -0.2) is 13.1 Å². The molecule has 1 atom stereocenters. The molecule has 0 unspecified atom stereocenters. The number of carbonyl (C=O) groups is 1. The Labute approximate surface area is 161 Å². The average molecular weight is 395 g/mol. The van der Waals surface area contributed by atoms with E-state index in [1.807, 2.05) is 30.3 Å². The molecule has 8 nitrogen and oxygen atoms in total. The average Bonchev–Trinajstić information content (AvgIpc) is 3.35. The first kappa shape index (κ1) is 16.9. The zero-order valence-corrected chi connectivity index (χ0v) is 15.6. The Kier molecular flexibility index (Phi) is 3.73. The Bertz CT molecular complexity index is 1170. The van der Waals surface area contributed by atoms with Gasteiger partial charge in [0.15, 0.2) is 0 Å². The maximum Gasteiger partial charge on any atom is 0.294 e. The molecular formula is C19H17N5O3S. The minimum atomic E-state index is -3.74. The zero-order chi connectivity index (χ0) is 19.3. The number of nitrogens with one attached hydrogen (secondary N) is 1. The molecule has 1 saturated heterocycles. The molecule has 142 valence electrons. The highest BCUT2D eigenvalue weighted by molar-refractivity contribution is 7.92. The summed E-state index contributed by atoms with van der Waals surface area (Å²) in [5.41, 5.74) is 1.45. The van der Waals surface area contributed by atoms with E-state index in [1.54, 1.807) is 23.1 Å². The van der Waals surface area contributed by atoms with Crippen LogP contribution in [0.5, 0.6) is 0 Å². The van der Waals surface area contributed by atoms with Crippen LogP contribution in [0.2, 0.25) is 0 Å². The first-order valence-electron chi connectivity index (χ1n) is 9.00. The third kappa shape index (κ3) is 2.58. The van der Waals surface area contributed by atoms with Crippen LogP contribution in [-0.4, -0.2) is 40.5 Å². The number of hydrogen-bond donors (Lipinski definition) is 1. The summed E-state index contributed by atoms with van der Waals surface area (Å²) < 4.78 is 28.6. The van der Waals surface area contributed by atoms with Gasteiger partial charge in [-0.2, -0.15) is 9.67 Å². The maximum absolute atomic E-state index is 13.1. The largest absolute Gasteiger partial charge is 0.329 e. The van der Waals surface area contributed by atoms with Crippen molar-refractivity contribution in [3.05, 3.63) is 66.0 Å². The summed E-state index contributed by atoms with van der Waals surface area (Å²) in [6, 6.07) is 16.3. The highest BCUT2D eigenvalue weighted by Crippen LogP contribution is 2.34. The quantitative estimate of drug-likeness (QED) is 0.718. The van der Waals surface area contributed by atoms with Crippen molar-refractivity contribution in [2.75, 3.05) is 11.3 Å². The molecular weight excluding hydrogens is 378 g/mol. The fourth-order valence-corrected chi connectivity index (χ4v) is 5.00. The van der Waals surface area contributed by atoms with Crippen molar-refractivity contribution in [2.24, 2.45) is 0 Å². The van der Waals surface area contributed by atoms with Crippen molar-refractivity contribution in [1.82, 2.24) is 19.7 Å². The van der Waals surface area contributed by atoms with Crippen molar-refractivity contribution >= 4 is 21.9 Å². The minimum absolute atomic E-state index is 0.0164. The molecule has 0 spiro atoms. The van der Waals surface area contributed by atoms with Gasteiger partial charge in [0, 0.05) is 6.54 Å². The van der Waals surface area contributed by atoms with Crippen molar-refractivity contribution < 1.29 is 13.2 Å². The topological polar surface area (TPSA) is 97.2 Å². The highest BCUT2D eigenvalue weighted by Gasteiger charge is 2.35. The molecule has 1 aromatic heterocycles. The molecule has 1 amide bonds. The second kappa shape index (κ2) is 6.16. The number of fused-ring (bicyclic) bond motifs is 3. The predicted octanol–water partition coefficient (Wildman–Crippen LogP) is 2.36. The summed E-state index contributed by atoms with van der Waals surface area (Å²) in [7, 11) is -3.74. The normalized spacial score (nSPS) is 19.6. The number of sulfonamides is 1. The number of para-hydroxylation sites is 1. The van der Waals surface area contributed by atoms with Gasteiger partial charge in [0.05, 0.1) is 11.7 Å². The number of anilines is 1. The van der Waals surface area contributed by atoms with E-state index < -0.39 is 10.0 Å². The zero-order valence-electron chi connectivity index (χ0n) is 14.8. The lowest BCUT2D eigenvalue weighted by Crippen LogP contribution is -2.31. The molecule has 1 fully saturated rings. The number of nitrogens with zero attached hydrogens (tertiary/aromatic N) is 4. The number of carbonyl (C=O) groups excluding carboxylic acids is 1. The van der Waals surface area contributed by atoms with E-state index in [-0.39, 0.29) is 28.6 Å². The van der Waals surface area contributed by atoms with Crippen LogP contribution >= 0.6 is 0 Å².